The van der Waals surface area contributed by atoms with Crippen LogP contribution in [0.25, 0.3) is 0 Å². The maximum atomic E-state index is 11.9. The Kier molecular flexibility index (Phi) is 4.50. The Morgan fingerprint density at radius 2 is 2.06 bits per heavy atom. The molecule has 1 heterocycles. The Labute approximate surface area is 97.7 Å². The topological polar surface area (TPSA) is 63.2 Å². The summed E-state index contributed by atoms with van der Waals surface area (Å²) in [5, 5.41) is 3.24. The molecule has 94 valence electrons. The summed E-state index contributed by atoms with van der Waals surface area (Å²) in [5.41, 5.74) is -0.421. The van der Waals surface area contributed by atoms with Crippen LogP contribution in [0, 0.1) is 0 Å². The zero-order valence-electron chi connectivity index (χ0n) is 10.1. The van der Waals surface area contributed by atoms with Crippen molar-refractivity contribution in [3.63, 3.8) is 0 Å². The lowest BCUT2D eigenvalue weighted by Gasteiger charge is -2.33. The van der Waals surface area contributed by atoms with Gasteiger partial charge in [0.25, 0.3) is 0 Å². The predicted molar refractivity (Wildman–Crippen MR) is 64.2 cm³/mol. The molecule has 1 N–H and O–H groups in total. The van der Waals surface area contributed by atoms with Gasteiger partial charge in [0.15, 0.2) is 5.78 Å². The molecule has 1 unspecified atom stereocenters. The first-order valence-electron chi connectivity index (χ1n) is 5.80. The van der Waals surface area contributed by atoms with Crippen molar-refractivity contribution in [3.05, 3.63) is 0 Å². The highest BCUT2D eigenvalue weighted by Crippen LogP contribution is 2.21. The van der Waals surface area contributed by atoms with Crippen LogP contribution in [0.15, 0.2) is 0 Å². The summed E-state index contributed by atoms with van der Waals surface area (Å²) < 4.78 is 21.9. The van der Waals surface area contributed by atoms with Crippen molar-refractivity contribution in [3.8, 4) is 0 Å². The van der Waals surface area contributed by atoms with E-state index in [4.69, 9.17) is 0 Å². The van der Waals surface area contributed by atoms with Gasteiger partial charge in [-0.15, -0.1) is 0 Å². The fourth-order valence-electron chi connectivity index (χ4n) is 2.07. The minimum Gasteiger partial charge on any atom is -0.305 e. The van der Waals surface area contributed by atoms with Gasteiger partial charge in [-0.3, -0.25) is 4.79 Å². The molecule has 1 rings (SSSR count). The second kappa shape index (κ2) is 5.27. The number of carbonyl (C=O) groups is 1. The van der Waals surface area contributed by atoms with E-state index in [1.165, 1.54) is 6.26 Å². The fourth-order valence-corrected chi connectivity index (χ4v) is 2.73. The first-order chi connectivity index (χ1) is 7.33. The summed E-state index contributed by atoms with van der Waals surface area (Å²) in [6.07, 6.45) is 5.06. The van der Waals surface area contributed by atoms with Crippen LogP contribution in [-0.4, -0.2) is 38.3 Å². The first-order valence-corrected chi connectivity index (χ1v) is 7.86. The van der Waals surface area contributed by atoms with Crippen LogP contribution in [0.2, 0.25) is 0 Å². The maximum Gasteiger partial charge on any atom is 0.152 e. The monoisotopic (exact) mass is 247 g/mol. The van der Waals surface area contributed by atoms with Gasteiger partial charge in [0, 0.05) is 12.7 Å². The van der Waals surface area contributed by atoms with Crippen LogP contribution in [0.3, 0.4) is 0 Å². The molecule has 5 heteroatoms. The number of piperidine rings is 1. The van der Waals surface area contributed by atoms with Crippen molar-refractivity contribution in [2.24, 2.45) is 0 Å². The Morgan fingerprint density at radius 1 is 1.38 bits per heavy atom. The molecule has 0 saturated carbocycles. The summed E-state index contributed by atoms with van der Waals surface area (Å²) in [7, 11) is -2.94. The van der Waals surface area contributed by atoms with E-state index in [2.05, 4.69) is 5.32 Å². The average Bonchev–Trinajstić information content (AvgIpc) is 2.16. The van der Waals surface area contributed by atoms with Gasteiger partial charge in [-0.25, -0.2) is 8.42 Å². The molecule has 0 aliphatic carbocycles. The number of rotatable bonds is 5. The number of ketones is 1. The highest BCUT2D eigenvalue weighted by atomic mass is 32.2. The molecule has 0 amide bonds. The van der Waals surface area contributed by atoms with E-state index in [0.29, 0.717) is 12.8 Å². The van der Waals surface area contributed by atoms with E-state index in [-0.39, 0.29) is 11.5 Å². The summed E-state index contributed by atoms with van der Waals surface area (Å²) >= 11 is 0. The summed E-state index contributed by atoms with van der Waals surface area (Å²) in [6.45, 7) is 2.81. The van der Waals surface area contributed by atoms with E-state index in [1.54, 1.807) is 0 Å². The molecule has 0 aromatic rings. The van der Waals surface area contributed by atoms with Gasteiger partial charge in [-0.2, -0.15) is 0 Å². The van der Waals surface area contributed by atoms with Crippen LogP contribution >= 0.6 is 0 Å². The van der Waals surface area contributed by atoms with E-state index in [1.807, 2.05) is 6.92 Å². The van der Waals surface area contributed by atoms with Crippen molar-refractivity contribution in [1.29, 1.82) is 0 Å². The summed E-state index contributed by atoms with van der Waals surface area (Å²) in [4.78, 5) is 11.9. The van der Waals surface area contributed by atoms with Gasteiger partial charge in [0.1, 0.15) is 9.84 Å². The number of sulfone groups is 1. The third kappa shape index (κ3) is 4.22. The molecule has 1 fully saturated rings. The Hall–Kier alpha value is -0.420. The maximum absolute atomic E-state index is 11.9. The van der Waals surface area contributed by atoms with Gasteiger partial charge in [-0.1, -0.05) is 0 Å². The van der Waals surface area contributed by atoms with Gasteiger partial charge in [0.2, 0.25) is 0 Å². The zero-order chi connectivity index (χ0) is 12.2. The Bertz CT molecular complexity index is 342. The molecule has 0 aromatic carbocycles. The van der Waals surface area contributed by atoms with Crippen molar-refractivity contribution < 1.29 is 13.2 Å². The van der Waals surface area contributed by atoms with Crippen LogP contribution in [-0.2, 0) is 14.6 Å². The molecule has 0 spiro atoms. The van der Waals surface area contributed by atoms with E-state index in [0.717, 1.165) is 25.8 Å². The van der Waals surface area contributed by atoms with Gasteiger partial charge < -0.3 is 5.32 Å². The number of Topliss-reactive ketones (excluding diaryl/α,β-unsaturated/α-hetero) is 1. The number of nitrogens with one attached hydrogen (secondary N) is 1. The van der Waals surface area contributed by atoms with Crippen LogP contribution in [0.1, 0.15) is 39.0 Å². The van der Waals surface area contributed by atoms with Crippen molar-refractivity contribution in [2.75, 3.05) is 18.6 Å². The molecule has 4 nitrogen and oxygen atoms in total. The molecular formula is C11H21NO3S. The molecule has 1 atom stereocenters. The number of hydrogen-bond donors (Lipinski definition) is 1. The van der Waals surface area contributed by atoms with E-state index in [9.17, 15) is 13.2 Å². The van der Waals surface area contributed by atoms with Gasteiger partial charge in [-0.05, 0) is 39.2 Å². The molecule has 0 radical (unpaired) electrons. The van der Waals surface area contributed by atoms with E-state index < -0.39 is 15.4 Å². The van der Waals surface area contributed by atoms with Crippen LogP contribution in [0.4, 0.5) is 0 Å². The predicted octanol–water partition coefficient (Wildman–Crippen LogP) is 0.912. The SMILES string of the molecule is CC1(C(=O)CCCS(C)(=O)=O)CCCCN1. The standard InChI is InChI=1S/C11H21NO3S/c1-11(7-3-4-8-12-11)10(13)6-5-9-16(2,14)15/h12H,3-9H2,1-2H3. The van der Waals surface area contributed by atoms with Crippen molar-refractivity contribution >= 4 is 15.6 Å². The first kappa shape index (κ1) is 13.6. The lowest BCUT2D eigenvalue weighted by molar-refractivity contribution is -0.125. The largest absolute Gasteiger partial charge is 0.305 e. The minimum absolute atomic E-state index is 0.106. The van der Waals surface area contributed by atoms with Crippen LogP contribution < -0.4 is 5.32 Å². The molecule has 16 heavy (non-hydrogen) atoms. The molecule has 1 aliphatic rings. The normalized spacial score (nSPS) is 26.6. The van der Waals surface area contributed by atoms with Gasteiger partial charge in [0.05, 0.1) is 11.3 Å². The molecule has 0 aromatic heterocycles. The van der Waals surface area contributed by atoms with E-state index >= 15 is 0 Å². The second-order valence-electron chi connectivity index (χ2n) is 4.87. The second-order valence-corrected chi connectivity index (χ2v) is 7.13. The molecule has 1 saturated heterocycles. The van der Waals surface area contributed by atoms with Crippen molar-refractivity contribution in [2.45, 2.75) is 44.6 Å². The molecular weight excluding hydrogens is 226 g/mol. The Balaban J connectivity index is 2.39. The van der Waals surface area contributed by atoms with Gasteiger partial charge >= 0.3 is 0 Å². The highest BCUT2D eigenvalue weighted by molar-refractivity contribution is 7.90. The summed E-state index contributed by atoms with van der Waals surface area (Å²) in [5.74, 6) is 0.255. The Morgan fingerprint density at radius 3 is 2.56 bits per heavy atom. The number of carbonyl (C=O) groups excluding carboxylic acids is 1. The van der Waals surface area contributed by atoms with Crippen LogP contribution in [0.5, 0.6) is 0 Å². The molecule has 0 bridgehead atoms. The number of hydrogen-bond acceptors (Lipinski definition) is 4. The quantitative estimate of drug-likeness (QED) is 0.784. The lowest BCUT2D eigenvalue weighted by atomic mass is 9.85. The lowest BCUT2D eigenvalue weighted by Crippen LogP contribution is -2.52. The third-order valence-corrected chi connectivity index (χ3v) is 4.18. The fraction of sp³-hybridized carbons (Fsp3) is 0.909. The highest BCUT2D eigenvalue weighted by Gasteiger charge is 2.33. The summed E-state index contributed by atoms with van der Waals surface area (Å²) in [6, 6.07) is 0. The third-order valence-electron chi connectivity index (χ3n) is 3.15. The minimum atomic E-state index is -2.94. The smallest absolute Gasteiger partial charge is 0.152 e. The zero-order valence-corrected chi connectivity index (χ0v) is 10.9. The average molecular weight is 247 g/mol. The molecule has 1 aliphatic heterocycles. The van der Waals surface area contributed by atoms with Crippen molar-refractivity contribution in [1.82, 2.24) is 5.32 Å².